The predicted octanol–water partition coefficient (Wildman–Crippen LogP) is 0.657. The van der Waals surface area contributed by atoms with Crippen LogP contribution in [0.3, 0.4) is 0 Å². The van der Waals surface area contributed by atoms with Gasteiger partial charge in [0.05, 0.1) is 12.0 Å². The number of benzene rings is 1. The summed E-state index contributed by atoms with van der Waals surface area (Å²) < 4.78 is 49.3. The van der Waals surface area contributed by atoms with E-state index in [1.807, 2.05) is 0 Å². The SMILES string of the molecule is COC(=O)[C@H](S(C)(=O)=O)S(=O)(=O)c1ccc(Cl)cc1. The van der Waals surface area contributed by atoms with Gasteiger partial charge in [0, 0.05) is 11.3 Å². The summed E-state index contributed by atoms with van der Waals surface area (Å²) in [5.41, 5.74) is 0. The fourth-order valence-corrected chi connectivity index (χ4v) is 5.23. The van der Waals surface area contributed by atoms with E-state index >= 15 is 0 Å². The highest BCUT2D eigenvalue weighted by Gasteiger charge is 2.43. The smallest absolute Gasteiger partial charge is 0.340 e. The number of rotatable bonds is 4. The number of hydrogen-bond acceptors (Lipinski definition) is 6. The van der Waals surface area contributed by atoms with Crippen molar-refractivity contribution in [1.29, 1.82) is 0 Å². The molecule has 0 aromatic heterocycles. The first-order chi connectivity index (χ1) is 8.60. The van der Waals surface area contributed by atoms with Crippen molar-refractivity contribution < 1.29 is 26.4 Å². The third-order valence-electron chi connectivity index (χ3n) is 2.21. The topological polar surface area (TPSA) is 94.6 Å². The highest BCUT2D eigenvalue weighted by molar-refractivity contribution is 8.09. The molecule has 0 aliphatic carbocycles. The number of hydrogen-bond donors (Lipinski definition) is 0. The van der Waals surface area contributed by atoms with Crippen LogP contribution in [0.5, 0.6) is 0 Å². The molecule has 1 rings (SSSR count). The Morgan fingerprint density at radius 1 is 1.16 bits per heavy atom. The molecule has 0 aliphatic heterocycles. The standard InChI is InChI=1S/C10H11ClO6S2/c1-17-9(12)10(18(2,13)14)19(15,16)8-5-3-7(11)4-6-8/h3-6,10H,1-2H3/t10-/m1/s1. The van der Waals surface area contributed by atoms with Crippen LogP contribution in [-0.4, -0.2) is 40.8 Å². The number of carbonyl (C=O) groups excluding carboxylic acids is 1. The van der Waals surface area contributed by atoms with Crippen LogP contribution in [0.1, 0.15) is 0 Å². The molecule has 0 aliphatic rings. The number of methoxy groups -OCH3 is 1. The van der Waals surface area contributed by atoms with Gasteiger partial charge >= 0.3 is 5.97 Å². The molecule has 0 saturated heterocycles. The maximum Gasteiger partial charge on any atom is 0.340 e. The Kier molecular flexibility index (Phi) is 4.59. The Labute approximate surface area is 116 Å². The molecule has 0 radical (unpaired) electrons. The number of halogens is 1. The maximum absolute atomic E-state index is 12.2. The maximum atomic E-state index is 12.2. The molecule has 0 unspecified atom stereocenters. The van der Waals surface area contributed by atoms with E-state index in [-0.39, 0.29) is 9.92 Å². The molecule has 19 heavy (non-hydrogen) atoms. The van der Waals surface area contributed by atoms with Crippen molar-refractivity contribution in [2.24, 2.45) is 0 Å². The summed E-state index contributed by atoms with van der Waals surface area (Å²) in [6.07, 6.45) is 0.655. The van der Waals surface area contributed by atoms with E-state index < -0.39 is 30.2 Å². The van der Waals surface area contributed by atoms with E-state index in [4.69, 9.17) is 11.6 Å². The van der Waals surface area contributed by atoms with Gasteiger partial charge in [-0.15, -0.1) is 0 Å². The summed E-state index contributed by atoms with van der Waals surface area (Å²) in [5, 5.41) is 0.285. The van der Waals surface area contributed by atoms with E-state index in [9.17, 15) is 21.6 Å². The van der Waals surface area contributed by atoms with E-state index in [0.29, 0.717) is 6.26 Å². The van der Waals surface area contributed by atoms with Crippen LogP contribution in [-0.2, 0) is 29.2 Å². The van der Waals surface area contributed by atoms with Crippen LogP contribution in [0.25, 0.3) is 0 Å². The van der Waals surface area contributed by atoms with Gasteiger partial charge in [-0.05, 0) is 24.3 Å². The highest BCUT2D eigenvalue weighted by atomic mass is 35.5. The molecule has 9 heteroatoms. The third-order valence-corrected chi connectivity index (χ3v) is 6.92. The Balaban J connectivity index is 3.45. The molecule has 0 bridgehead atoms. The summed E-state index contributed by atoms with van der Waals surface area (Å²) in [7, 11) is -7.68. The van der Waals surface area contributed by atoms with Crippen LogP contribution in [0, 0.1) is 0 Å². The van der Waals surface area contributed by atoms with Crippen molar-refractivity contribution in [2.45, 2.75) is 9.48 Å². The van der Waals surface area contributed by atoms with Gasteiger partial charge in [-0.1, -0.05) is 11.6 Å². The molecule has 0 amide bonds. The Morgan fingerprint density at radius 2 is 1.63 bits per heavy atom. The molecule has 0 fully saturated rings. The number of carbonyl (C=O) groups is 1. The van der Waals surface area contributed by atoms with Crippen molar-refractivity contribution in [1.82, 2.24) is 0 Å². The molecule has 0 spiro atoms. The normalized spacial score (nSPS) is 13.8. The van der Waals surface area contributed by atoms with Crippen LogP contribution >= 0.6 is 11.6 Å². The Morgan fingerprint density at radius 3 is 2.00 bits per heavy atom. The second kappa shape index (κ2) is 5.48. The fourth-order valence-electron chi connectivity index (χ4n) is 1.38. The largest absolute Gasteiger partial charge is 0.467 e. The van der Waals surface area contributed by atoms with E-state index in [0.717, 1.165) is 19.2 Å². The zero-order chi connectivity index (χ0) is 14.8. The lowest BCUT2D eigenvalue weighted by Crippen LogP contribution is -2.38. The van der Waals surface area contributed by atoms with E-state index in [1.54, 1.807) is 0 Å². The first kappa shape index (κ1) is 15.9. The summed E-state index contributed by atoms with van der Waals surface area (Å²) >= 11 is 5.62. The Hall–Kier alpha value is -1.12. The first-order valence-corrected chi connectivity index (χ1v) is 8.74. The summed E-state index contributed by atoms with van der Waals surface area (Å²) in [4.78, 5) is 11.1. The lowest BCUT2D eigenvalue weighted by atomic mass is 10.4. The molecular formula is C10H11ClO6S2. The lowest BCUT2D eigenvalue weighted by Gasteiger charge is -2.13. The summed E-state index contributed by atoms with van der Waals surface area (Å²) in [6.45, 7) is 0. The van der Waals surface area contributed by atoms with Crippen molar-refractivity contribution in [3.05, 3.63) is 29.3 Å². The van der Waals surface area contributed by atoms with Crippen LogP contribution < -0.4 is 0 Å². The predicted molar refractivity (Wildman–Crippen MR) is 69.3 cm³/mol. The van der Waals surface area contributed by atoms with Crippen LogP contribution in [0.15, 0.2) is 29.2 Å². The molecule has 1 aromatic rings. The number of esters is 1. The van der Waals surface area contributed by atoms with Crippen LogP contribution in [0.2, 0.25) is 5.02 Å². The first-order valence-electron chi connectivity index (χ1n) is 4.87. The zero-order valence-corrected chi connectivity index (χ0v) is 12.4. The second-order valence-electron chi connectivity index (χ2n) is 3.68. The molecule has 6 nitrogen and oxygen atoms in total. The minimum Gasteiger partial charge on any atom is -0.467 e. The quantitative estimate of drug-likeness (QED) is 0.754. The van der Waals surface area contributed by atoms with Gasteiger partial charge in [-0.3, -0.25) is 0 Å². The molecular weight excluding hydrogens is 316 g/mol. The minimum atomic E-state index is -4.41. The van der Waals surface area contributed by atoms with Gasteiger partial charge in [0.2, 0.25) is 9.84 Å². The van der Waals surface area contributed by atoms with Gasteiger partial charge in [-0.2, -0.15) is 0 Å². The van der Waals surface area contributed by atoms with Gasteiger partial charge in [0.25, 0.3) is 4.58 Å². The Bertz CT molecular complexity index is 675. The highest BCUT2D eigenvalue weighted by Crippen LogP contribution is 2.22. The average Bonchev–Trinajstić information content (AvgIpc) is 2.27. The fraction of sp³-hybridized carbons (Fsp3) is 0.300. The van der Waals surface area contributed by atoms with Crippen molar-refractivity contribution in [2.75, 3.05) is 13.4 Å². The number of sulfone groups is 2. The van der Waals surface area contributed by atoms with Gasteiger partial charge < -0.3 is 4.74 Å². The van der Waals surface area contributed by atoms with E-state index in [1.165, 1.54) is 12.1 Å². The molecule has 0 heterocycles. The van der Waals surface area contributed by atoms with Crippen molar-refractivity contribution in [3.63, 3.8) is 0 Å². The molecule has 1 aromatic carbocycles. The molecule has 1 atom stereocenters. The minimum absolute atomic E-state index is 0.285. The second-order valence-corrected chi connectivity index (χ2v) is 8.58. The molecule has 106 valence electrons. The third kappa shape index (κ3) is 3.46. The molecule has 0 N–H and O–H groups in total. The summed E-state index contributed by atoms with van der Waals surface area (Å²) in [5.74, 6) is -1.35. The van der Waals surface area contributed by atoms with Gasteiger partial charge in [0.1, 0.15) is 0 Å². The van der Waals surface area contributed by atoms with Crippen LogP contribution in [0.4, 0.5) is 0 Å². The number of ether oxygens (including phenoxy) is 1. The zero-order valence-electron chi connectivity index (χ0n) is 10.0. The molecule has 0 saturated carbocycles. The lowest BCUT2D eigenvalue weighted by molar-refractivity contribution is -0.138. The average molecular weight is 327 g/mol. The van der Waals surface area contributed by atoms with Gasteiger partial charge in [-0.25, -0.2) is 21.6 Å². The van der Waals surface area contributed by atoms with Gasteiger partial charge in [0.15, 0.2) is 9.84 Å². The van der Waals surface area contributed by atoms with Crippen molar-refractivity contribution in [3.8, 4) is 0 Å². The van der Waals surface area contributed by atoms with Crippen molar-refractivity contribution >= 4 is 37.2 Å². The van der Waals surface area contributed by atoms with E-state index in [2.05, 4.69) is 4.74 Å². The summed E-state index contributed by atoms with van der Waals surface area (Å²) in [6, 6.07) is 4.81. The monoisotopic (exact) mass is 326 g/mol.